The van der Waals surface area contributed by atoms with Crippen molar-refractivity contribution in [2.75, 3.05) is 58.9 Å². The van der Waals surface area contributed by atoms with E-state index in [0.717, 1.165) is 52.5 Å². The Hall–Kier alpha value is -6.07. The minimum absolute atomic E-state index is 0.0206. The maximum absolute atomic E-state index is 12.5. The molecule has 2 saturated heterocycles. The first-order chi connectivity index (χ1) is 31.8. The molecular weight excluding hydrogens is 817 g/mol. The zero-order valence-electron chi connectivity index (χ0n) is 41.1. The first-order valence-electron chi connectivity index (χ1n) is 23.5. The lowest BCUT2D eigenvalue weighted by Crippen LogP contribution is -2.51. The monoisotopic (exact) mass is 891 g/mol. The summed E-state index contributed by atoms with van der Waals surface area (Å²) in [6, 6.07) is 13.4. The maximum atomic E-state index is 12.5. The highest BCUT2D eigenvalue weighted by atomic mass is 16.6. The molecule has 4 aromatic heterocycles. The molecule has 7 rings (SSSR count). The maximum Gasteiger partial charge on any atom is 0.415 e. The van der Waals surface area contributed by atoms with Crippen LogP contribution in [0.25, 0.3) is 22.1 Å². The van der Waals surface area contributed by atoms with Crippen molar-refractivity contribution in [2.24, 2.45) is 5.73 Å². The van der Waals surface area contributed by atoms with Crippen LogP contribution in [0.1, 0.15) is 95.9 Å². The van der Waals surface area contributed by atoms with Gasteiger partial charge in [0.15, 0.2) is 0 Å². The fourth-order valence-corrected chi connectivity index (χ4v) is 6.85. The van der Waals surface area contributed by atoms with Gasteiger partial charge in [-0.1, -0.05) is 35.6 Å². The Morgan fingerprint density at radius 1 is 0.766 bits per heavy atom. The van der Waals surface area contributed by atoms with E-state index in [4.69, 9.17) is 17.9 Å². The molecule has 17 nitrogen and oxygen atoms in total. The number of rotatable bonds is 9. The molecule has 0 aliphatic carbocycles. The number of benzene rings is 1. The van der Waals surface area contributed by atoms with Crippen LogP contribution < -0.4 is 10.5 Å². The van der Waals surface area contributed by atoms with Crippen molar-refractivity contribution < 1.29 is 31.5 Å². The number of aromatic nitrogens is 4. The molecule has 2 aliphatic rings. The lowest BCUT2D eigenvalue weighted by atomic mass is 10.1. The van der Waals surface area contributed by atoms with Crippen LogP contribution in [0.5, 0.6) is 5.75 Å². The van der Waals surface area contributed by atoms with Crippen molar-refractivity contribution in [3.05, 3.63) is 94.6 Å². The molecule has 0 spiro atoms. The number of nitrogens with two attached hydrogens (primary N) is 1. The number of piperidine rings is 1. The number of fused-ring (bicyclic) bond motifs is 2. The summed E-state index contributed by atoms with van der Waals surface area (Å²) in [5, 5.41) is 12.7. The molecule has 2 fully saturated rings. The number of aromatic amines is 2. The number of non-ortho nitro benzene ring substituents is 1. The van der Waals surface area contributed by atoms with Gasteiger partial charge in [0.1, 0.15) is 22.6 Å². The van der Waals surface area contributed by atoms with Crippen molar-refractivity contribution in [1.29, 1.82) is 0 Å². The molecule has 64 heavy (non-hydrogen) atoms. The highest BCUT2D eigenvalue weighted by Gasteiger charge is 2.27. The Bertz CT molecular complexity index is 2160. The molecule has 5 aromatic rings. The number of piperazine rings is 1. The van der Waals surface area contributed by atoms with Gasteiger partial charge in [0.05, 0.1) is 4.92 Å². The number of carbonyl (C=O) groups is 3. The molecule has 0 saturated carbocycles. The second-order valence-electron chi connectivity index (χ2n) is 15.8. The zero-order chi connectivity index (χ0) is 49.1. The summed E-state index contributed by atoms with van der Waals surface area (Å²) in [5.74, 6) is 0.450. The molecule has 1 aromatic carbocycles. The average Bonchev–Trinajstić information content (AvgIpc) is 4.04. The predicted molar refractivity (Wildman–Crippen MR) is 254 cm³/mol. The van der Waals surface area contributed by atoms with Gasteiger partial charge in [0.25, 0.3) is 5.69 Å². The molecule has 3 amide bonds. The summed E-state index contributed by atoms with van der Waals surface area (Å²) >= 11 is 0. The van der Waals surface area contributed by atoms with Crippen LogP contribution in [-0.4, -0.2) is 127 Å². The average molecular weight is 891 g/mol. The lowest BCUT2D eigenvalue weighted by Gasteiger charge is -2.35. The van der Waals surface area contributed by atoms with Gasteiger partial charge in [0.2, 0.25) is 5.91 Å². The number of carbonyl (C=O) groups excluding carboxylic acids is 3. The Balaban J connectivity index is 0.000000323. The van der Waals surface area contributed by atoms with Gasteiger partial charge in [-0.15, -0.1) is 0 Å². The lowest BCUT2D eigenvalue weighted by molar-refractivity contribution is -0.384. The normalized spacial score (nSPS) is 13.7. The number of nitro groups is 1. The summed E-state index contributed by atoms with van der Waals surface area (Å²) in [6.45, 7) is 19.8. The zero-order valence-corrected chi connectivity index (χ0v) is 39.1. The van der Waals surface area contributed by atoms with Gasteiger partial charge in [0, 0.05) is 103 Å². The second kappa shape index (κ2) is 27.2. The van der Waals surface area contributed by atoms with E-state index in [9.17, 15) is 24.5 Å². The molecule has 0 bridgehead atoms. The van der Waals surface area contributed by atoms with Gasteiger partial charge in [-0.2, -0.15) is 0 Å². The van der Waals surface area contributed by atoms with E-state index in [1.807, 2.05) is 62.3 Å². The van der Waals surface area contributed by atoms with Gasteiger partial charge < -0.3 is 44.8 Å². The van der Waals surface area contributed by atoms with Crippen LogP contribution in [0.4, 0.5) is 15.3 Å². The van der Waals surface area contributed by atoms with Gasteiger partial charge in [-0.3, -0.25) is 14.9 Å². The van der Waals surface area contributed by atoms with Crippen molar-refractivity contribution in [1.82, 2.24) is 39.5 Å². The third kappa shape index (κ3) is 16.9. The van der Waals surface area contributed by atoms with Crippen LogP contribution in [-0.2, 0) is 22.5 Å². The fraction of sp³-hybridized carbons (Fsp3) is 0.511. The van der Waals surface area contributed by atoms with E-state index in [2.05, 4.69) is 45.6 Å². The van der Waals surface area contributed by atoms with Crippen molar-refractivity contribution >= 4 is 45.8 Å². The summed E-state index contributed by atoms with van der Waals surface area (Å²) < 4.78 is 22.0. The number of ether oxygens (including phenoxy) is 2. The fourth-order valence-electron chi connectivity index (χ4n) is 6.85. The Labute approximate surface area is 381 Å². The van der Waals surface area contributed by atoms with Crippen molar-refractivity contribution in [2.45, 2.75) is 101 Å². The number of nitrogens with one attached hydrogen (secondary N) is 2. The molecule has 0 atom stereocenters. The molecule has 352 valence electrons. The minimum atomic E-state index is -0.502. The topological polar surface area (TPSA) is 209 Å². The van der Waals surface area contributed by atoms with E-state index < -0.39 is 10.5 Å². The summed E-state index contributed by atoms with van der Waals surface area (Å²) in [6.07, 6.45) is 10.8. The van der Waals surface area contributed by atoms with Crippen LogP contribution in [0.15, 0.2) is 73.3 Å². The van der Waals surface area contributed by atoms with Crippen molar-refractivity contribution in [3.8, 4) is 5.75 Å². The highest BCUT2D eigenvalue weighted by molar-refractivity contribution is 5.81. The smallest absolute Gasteiger partial charge is 0.415 e. The third-order valence-corrected chi connectivity index (χ3v) is 10.4. The van der Waals surface area contributed by atoms with Gasteiger partial charge in [-0.05, 0) is 114 Å². The predicted octanol–water partition coefficient (Wildman–Crippen LogP) is 8.80. The number of hydrogen-bond donors (Lipinski definition) is 3. The quantitative estimate of drug-likeness (QED) is 0.0941. The largest absolute Gasteiger partial charge is 0.444 e. The van der Waals surface area contributed by atoms with E-state index in [0.29, 0.717) is 64.4 Å². The Morgan fingerprint density at radius 2 is 1.27 bits per heavy atom. The first kappa shape index (κ1) is 50.6. The number of amides is 3. The van der Waals surface area contributed by atoms with E-state index >= 15 is 0 Å². The standard InChI is InChI=1S/C19H26N4O3.C12H14N2O4.C8H9N3.C6H15N.2CH4/c1-19(2,3)26-18(25)23-12-10-22(11-13-23)16(24)5-4-14-6-8-20-17-15(14)7-9-21-17;15-12(13-8-2-1-3-9-13)18-11-6-4-10(5-7-11)14(16)17;9-5-6-1-3-10-8-7(6)2-4-11-8;1-4-7(5-2)6-3;;/h6-9H,4-5,10-13H2,1-3H3,(H,20,21);4-7H,1-3,8-9H2;1-4H,5,9H2,(H,10,11);4-6H2,1-3H3;2*1H4/i;;;;2*1D. The number of hydrogen-bond acceptors (Lipinski definition) is 11. The van der Waals surface area contributed by atoms with E-state index in [-0.39, 0.29) is 23.8 Å². The SMILES string of the molecule is CC(C)(C)OC(=O)N1CCN(C(=O)CCc2ccnc3[nH]ccc23)CC1.CCN(CC)CC.NCc1ccnc2[nH]ccc12.O=C(Oc1ccc([N+](=O)[O-])cc1)N1CCCCC1.[2H]C.[2H]C. The second-order valence-corrected chi connectivity index (χ2v) is 15.8. The highest BCUT2D eigenvalue weighted by Crippen LogP contribution is 2.20. The minimum Gasteiger partial charge on any atom is -0.444 e. The summed E-state index contributed by atoms with van der Waals surface area (Å²) in [7, 11) is 2.50. The number of pyridine rings is 2. The number of nitro benzene ring substituents is 1. The Morgan fingerprint density at radius 3 is 1.75 bits per heavy atom. The van der Waals surface area contributed by atoms with Crippen molar-refractivity contribution in [3.63, 3.8) is 0 Å². The third-order valence-electron chi connectivity index (χ3n) is 10.4. The van der Waals surface area contributed by atoms with Crippen LogP contribution in [0, 0.1) is 10.1 Å². The Kier molecular flexibility index (Phi) is 21.5. The van der Waals surface area contributed by atoms with Crippen LogP contribution >= 0.6 is 0 Å². The first-order valence-corrected chi connectivity index (χ1v) is 21.5. The molecule has 4 N–H and O–H groups in total. The number of H-pyrrole nitrogens is 2. The van der Waals surface area contributed by atoms with Crippen LogP contribution in [0.3, 0.4) is 0 Å². The van der Waals surface area contributed by atoms with Gasteiger partial charge in [-0.25, -0.2) is 19.6 Å². The molecule has 0 radical (unpaired) electrons. The number of nitrogens with zero attached hydrogens (tertiary/aromatic N) is 7. The summed E-state index contributed by atoms with van der Waals surface area (Å²) in [4.78, 5) is 68.4. The van der Waals surface area contributed by atoms with E-state index in [1.54, 1.807) is 22.2 Å². The van der Waals surface area contributed by atoms with Crippen LogP contribution in [0.2, 0.25) is 0 Å². The molecule has 17 heteroatoms. The molecule has 0 unspecified atom stereocenters. The molecular formula is C47H72N10O7. The summed E-state index contributed by atoms with van der Waals surface area (Å²) in [5.41, 5.74) is 9.03. The molecule has 2 aliphatic heterocycles. The molecule has 6 heterocycles. The van der Waals surface area contributed by atoms with E-state index in [1.165, 1.54) is 58.7 Å². The number of aryl methyl sites for hydroxylation is 1. The number of likely N-dealkylation sites (tertiary alicyclic amines) is 1. The van der Waals surface area contributed by atoms with Gasteiger partial charge >= 0.3 is 12.2 Å².